The van der Waals surface area contributed by atoms with Gasteiger partial charge in [0.1, 0.15) is 11.6 Å². The summed E-state index contributed by atoms with van der Waals surface area (Å²) in [5.41, 5.74) is 4.10. The van der Waals surface area contributed by atoms with Gasteiger partial charge in [0.25, 0.3) is 0 Å². The van der Waals surface area contributed by atoms with Crippen molar-refractivity contribution in [3.8, 4) is 5.75 Å². The van der Waals surface area contributed by atoms with Crippen LogP contribution in [0.25, 0.3) is 11.0 Å². The summed E-state index contributed by atoms with van der Waals surface area (Å²) in [6.45, 7) is 5.25. The Morgan fingerprint density at radius 1 is 1.20 bits per heavy atom. The Balaban J connectivity index is 1.61. The lowest BCUT2D eigenvalue weighted by molar-refractivity contribution is -0.120. The molecule has 25 heavy (non-hydrogen) atoms. The van der Waals surface area contributed by atoms with Crippen molar-refractivity contribution in [1.82, 2.24) is 14.9 Å². The van der Waals surface area contributed by atoms with Crippen LogP contribution in [0.3, 0.4) is 0 Å². The monoisotopic (exact) mass is 337 g/mol. The molecule has 1 aromatic heterocycles. The van der Waals surface area contributed by atoms with Crippen LogP contribution in [-0.2, 0) is 17.8 Å². The molecule has 0 fully saturated rings. The highest BCUT2D eigenvalue weighted by Gasteiger charge is 2.10. The first-order valence-electron chi connectivity index (χ1n) is 8.40. The fourth-order valence-corrected chi connectivity index (χ4v) is 3.07. The molecule has 0 aliphatic carbocycles. The van der Waals surface area contributed by atoms with E-state index in [9.17, 15) is 4.79 Å². The third-order valence-corrected chi connectivity index (χ3v) is 4.29. The van der Waals surface area contributed by atoms with Crippen LogP contribution in [0.15, 0.2) is 42.5 Å². The van der Waals surface area contributed by atoms with E-state index < -0.39 is 0 Å². The van der Waals surface area contributed by atoms with Gasteiger partial charge in [-0.1, -0.05) is 29.8 Å². The van der Waals surface area contributed by atoms with Gasteiger partial charge in [0.2, 0.25) is 5.91 Å². The molecule has 0 saturated heterocycles. The van der Waals surface area contributed by atoms with Crippen LogP contribution < -0.4 is 10.1 Å². The van der Waals surface area contributed by atoms with Crippen LogP contribution in [0.1, 0.15) is 17.0 Å². The summed E-state index contributed by atoms with van der Waals surface area (Å²) in [7, 11) is 1.62. The van der Waals surface area contributed by atoms with Gasteiger partial charge in [0, 0.05) is 18.7 Å². The molecule has 1 heterocycles. The molecular formula is C20H23N3O2. The normalized spacial score (nSPS) is 10.8. The maximum atomic E-state index is 12.3. The van der Waals surface area contributed by atoms with Gasteiger partial charge in [-0.25, -0.2) is 4.98 Å². The Labute approximate surface area is 147 Å². The van der Waals surface area contributed by atoms with E-state index in [0.29, 0.717) is 19.5 Å². The van der Waals surface area contributed by atoms with E-state index in [1.165, 1.54) is 0 Å². The number of carbonyl (C=O) groups is 1. The highest BCUT2D eigenvalue weighted by molar-refractivity contribution is 5.79. The summed E-state index contributed by atoms with van der Waals surface area (Å²) in [4.78, 5) is 16.8. The summed E-state index contributed by atoms with van der Waals surface area (Å²) in [5, 5.41) is 2.99. The first-order valence-corrected chi connectivity index (χ1v) is 8.40. The lowest BCUT2D eigenvalue weighted by atomic mass is 10.1. The van der Waals surface area contributed by atoms with Crippen LogP contribution >= 0.6 is 0 Å². The average molecular weight is 337 g/mol. The number of nitrogens with zero attached hydrogens (tertiary/aromatic N) is 2. The maximum absolute atomic E-state index is 12.3. The molecule has 5 nitrogen and oxygen atoms in total. The second-order valence-electron chi connectivity index (χ2n) is 6.14. The van der Waals surface area contributed by atoms with Crippen molar-refractivity contribution < 1.29 is 9.53 Å². The smallest absolute Gasteiger partial charge is 0.224 e. The number of nitrogens with one attached hydrogen (secondary N) is 1. The van der Waals surface area contributed by atoms with Crippen molar-refractivity contribution in [3.05, 3.63) is 59.4 Å². The molecule has 3 aromatic rings. The van der Waals surface area contributed by atoms with Crippen LogP contribution in [-0.4, -0.2) is 29.1 Å². The number of benzene rings is 2. The molecule has 130 valence electrons. The van der Waals surface area contributed by atoms with Gasteiger partial charge < -0.3 is 14.6 Å². The quantitative estimate of drug-likeness (QED) is 0.752. The average Bonchev–Trinajstić information content (AvgIpc) is 2.91. The molecule has 5 heteroatoms. The molecule has 1 amide bonds. The Morgan fingerprint density at radius 2 is 2.00 bits per heavy atom. The van der Waals surface area contributed by atoms with Crippen LogP contribution in [0, 0.1) is 13.8 Å². The molecule has 0 bridgehead atoms. The number of hydrogen-bond donors (Lipinski definition) is 1. The molecule has 0 aliphatic heterocycles. The predicted molar refractivity (Wildman–Crippen MR) is 98.9 cm³/mol. The zero-order valence-electron chi connectivity index (χ0n) is 14.9. The van der Waals surface area contributed by atoms with Gasteiger partial charge in [-0.3, -0.25) is 4.79 Å². The molecule has 2 aromatic carbocycles. The molecule has 0 unspecified atom stereocenters. The number of carbonyl (C=O) groups excluding carboxylic acids is 1. The number of imidazole rings is 1. The number of para-hydroxylation sites is 2. The zero-order valence-corrected chi connectivity index (χ0v) is 14.9. The third-order valence-electron chi connectivity index (χ3n) is 4.29. The van der Waals surface area contributed by atoms with Crippen LogP contribution in [0.4, 0.5) is 0 Å². The topological polar surface area (TPSA) is 56.1 Å². The first kappa shape index (κ1) is 17.0. The SMILES string of the molecule is COc1ccc(C)cc1CC(=O)NCCn1c(C)nc2ccccc21. The van der Waals surface area contributed by atoms with Gasteiger partial charge in [-0.05, 0) is 32.0 Å². The number of fused-ring (bicyclic) bond motifs is 1. The van der Waals surface area contributed by atoms with E-state index >= 15 is 0 Å². The Hall–Kier alpha value is -2.82. The summed E-state index contributed by atoms with van der Waals surface area (Å²) in [5.74, 6) is 1.69. The summed E-state index contributed by atoms with van der Waals surface area (Å²) < 4.78 is 7.46. The van der Waals surface area contributed by atoms with Gasteiger partial charge in [-0.2, -0.15) is 0 Å². The molecule has 1 N–H and O–H groups in total. The highest BCUT2D eigenvalue weighted by Crippen LogP contribution is 2.20. The molecule has 0 atom stereocenters. The van der Waals surface area contributed by atoms with E-state index in [4.69, 9.17) is 4.74 Å². The molecular weight excluding hydrogens is 314 g/mol. The summed E-state index contributed by atoms with van der Waals surface area (Å²) in [6.07, 6.45) is 0.314. The predicted octanol–water partition coefficient (Wildman–Crippen LogP) is 3.02. The minimum absolute atomic E-state index is 0.00836. The van der Waals surface area contributed by atoms with Gasteiger partial charge >= 0.3 is 0 Å². The molecule has 3 rings (SSSR count). The van der Waals surface area contributed by atoms with Crippen molar-refractivity contribution in [2.75, 3.05) is 13.7 Å². The summed E-state index contributed by atoms with van der Waals surface area (Å²) in [6, 6.07) is 13.9. The molecule has 0 aliphatic rings. The lowest BCUT2D eigenvalue weighted by Crippen LogP contribution is -2.29. The minimum Gasteiger partial charge on any atom is -0.496 e. The van der Waals surface area contributed by atoms with E-state index in [0.717, 1.165) is 33.7 Å². The maximum Gasteiger partial charge on any atom is 0.224 e. The van der Waals surface area contributed by atoms with Crippen molar-refractivity contribution >= 4 is 16.9 Å². The Kier molecular flexibility index (Phi) is 5.03. The Morgan fingerprint density at radius 3 is 2.80 bits per heavy atom. The first-order chi connectivity index (χ1) is 12.1. The van der Waals surface area contributed by atoms with Crippen molar-refractivity contribution in [2.24, 2.45) is 0 Å². The lowest BCUT2D eigenvalue weighted by Gasteiger charge is -2.11. The van der Waals surface area contributed by atoms with Crippen LogP contribution in [0.2, 0.25) is 0 Å². The van der Waals surface area contributed by atoms with E-state index in [1.807, 2.05) is 50.2 Å². The third kappa shape index (κ3) is 3.82. The standard InChI is InChI=1S/C20H23N3O2/c1-14-8-9-19(25-3)16(12-14)13-20(24)21-10-11-23-15(2)22-17-6-4-5-7-18(17)23/h4-9,12H,10-11,13H2,1-3H3,(H,21,24). The largest absolute Gasteiger partial charge is 0.496 e. The highest BCUT2D eigenvalue weighted by atomic mass is 16.5. The van der Waals surface area contributed by atoms with E-state index in [-0.39, 0.29) is 5.91 Å². The number of rotatable bonds is 6. The van der Waals surface area contributed by atoms with E-state index in [2.05, 4.69) is 20.9 Å². The van der Waals surface area contributed by atoms with E-state index in [1.54, 1.807) is 7.11 Å². The zero-order chi connectivity index (χ0) is 17.8. The Bertz CT molecular complexity index is 899. The fraction of sp³-hybridized carbons (Fsp3) is 0.300. The molecule has 0 radical (unpaired) electrons. The summed E-state index contributed by atoms with van der Waals surface area (Å²) >= 11 is 0. The molecule has 0 saturated carbocycles. The van der Waals surface area contributed by atoms with Crippen molar-refractivity contribution in [3.63, 3.8) is 0 Å². The number of ether oxygens (including phenoxy) is 1. The van der Waals surface area contributed by atoms with Crippen molar-refractivity contribution in [2.45, 2.75) is 26.8 Å². The second-order valence-corrected chi connectivity index (χ2v) is 6.14. The van der Waals surface area contributed by atoms with Crippen molar-refractivity contribution in [1.29, 1.82) is 0 Å². The van der Waals surface area contributed by atoms with Gasteiger partial charge in [0.15, 0.2) is 0 Å². The van der Waals surface area contributed by atoms with Gasteiger partial charge in [0.05, 0.1) is 24.6 Å². The minimum atomic E-state index is -0.00836. The number of hydrogen-bond acceptors (Lipinski definition) is 3. The number of aryl methyl sites for hydroxylation is 2. The fourth-order valence-electron chi connectivity index (χ4n) is 3.07. The van der Waals surface area contributed by atoms with Crippen LogP contribution in [0.5, 0.6) is 5.75 Å². The number of amides is 1. The van der Waals surface area contributed by atoms with Gasteiger partial charge in [-0.15, -0.1) is 0 Å². The number of aromatic nitrogens is 2. The number of methoxy groups -OCH3 is 1. The molecule has 0 spiro atoms. The second kappa shape index (κ2) is 7.38.